The van der Waals surface area contributed by atoms with Gasteiger partial charge in [0.25, 0.3) is 0 Å². The minimum absolute atomic E-state index is 0.870. The fraction of sp³-hybridized carbons (Fsp3) is 0.267. The molecule has 0 saturated heterocycles. The molecule has 0 fully saturated rings. The van der Waals surface area contributed by atoms with Gasteiger partial charge in [-0.1, -0.05) is 42.5 Å². The van der Waals surface area contributed by atoms with Crippen LogP contribution >= 0.6 is 0 Å². The Kier molecular flexibility index (Phi) is 5.48. The minimum Gasteiger partial charge on any atom is -0.372 e. The third-order valence-electron chi connectivity index (χ3n) is 3.19. The van der Waals surface area contributed by atoms with Gasteiger partial charge in [0, 0.05) is 13.0 Å². The number of nitrogens with one attached hydrogen (secondary N) is 1. The maximum Gasteiger partial charge on any atom is 0.397 e. The van der Waals surface area contributed by atoms with Crippen LogP contribution in [0.5, 0.6) is 0 Å². The lowest BCUT2D eigenvalue weighted by atomic mass is 10.0. The van der Waals surface area contributed by atoms with Crippen LogP contribution in [0.4, 0.5) is 0 Å². The largest absolute Gasteiger partial charge is 0.397 e. The Morgan fingerprint density at radius 2 is 1.91 bits per heavy atom. The SMILES string of the molecule is COS(=O)(=O)O.c1ccc2c(CC3=NCCN3)cccc2c1. The highest BCUT2D eigenvalue weighted by molar-refractivity contribution is 7.80. The van der Waals surface area contributed by atoms with Crippen molar-refractivity contribution in [2.45, 2.75) is 6.42 Å². The van der Waals surface area contributed by atoms with Gasteiger partial charge in [0.2, 0.25) is 0 Å². The van der Waals surface area contributed by atoms with E-state index < -0.39 is 10.4 Å². The fourth-order valence-electron chi connectivity index (χ4n) is 2.19. The Morgan fingerprint density at radius 3 is 2.55 bits per heavy atom. The van der Waals surface area contributed by atoms with Crippen molar-refractivity contribution >= 4 is 27.0 Å². The van der Waals surface area contributed by atoms with Gasteiger partial charge in [0.15, 0.2) is 0 Å². The van der Waals surface area contributed by atoms with Crippen LogP contribution in [0, 0.1) is 0 Å². The number of nitrogens with zero attached hydrogens (tertiary/aromatic N) is 1. The normalized spacial score (nSPS) is 14.0. The van der Waals surface area contributed by atoms with E-state index in [4.69, 9.17) is 4.55 Å². The van der Waals surface area contributed by atoms with E-state index in [-0.39, 0.29) is 0 Å². The number of aliphatic imine (C=N–C) groups is 1. The zero-order valence-corrected chi connectivity index (χ0v) is 13.0. The van der Waals surface area contributed by atoms with E-state index in [9.17, 15) is 8.42 Å². The van der Waals surface area contributed by atoms with Crippen molar-refractivity contribution in [3.05, 3.63) is 48.0 Å². The lowest BCUT2D eigenvalue weighted by molar-refractivity contribution is 0.324. The molecule has 0 radical (unpaired) electrons. The van der Waals surface area contributed by atoms with E-state index in [1.165, 1.54) is 16.3 Å². The third-order valence-corrected chi connectivity index (χ3v) is 3.61. The van der Waals surface area contributed by atoms with Crippen LogP contribution in [0.25, 0.3) is 10.8 Å². The van der Waals surface area contributed by atoms with Gasteiger partial charge in [0.1, 0.15) is 5.84 Å². The second kappa shape index (κ2) is 7.35. The van der Waals surface area contributed by atoms with Crippen LogP contribution in [0.3, 0.4) is 0 Å². The molecule has 7 heteroatoms. The summed E-state index contributed by atoms with van der Waals surface area (Å²) in [5, 5.41) is 5.96. The van der Waals surface area contributed by atoms with Crippen molar-refractivity contribution in [1.82, 2.24) is 5.32 Å². The van der Waals surface area contributed by atoms with Crippen LogP contribution in [0.2, 0.25) is 0 Å². The van der Waals surface area contributed by atoms with Crippen molar-refractivity contribution in [3.8, 4) is 0 Å². The maximum atomic E-state index is 9.33. The molecule has 118 valence electrons. The molecule has 0 atom stereocenters. The molecular weight excluding hydrogens is 304 g/mol. The van der Waals surface area contributed by atoms with Crippen molar-refractivity contribution in [2.75, 3.05) is 20.2 Å². The molecule has 0 aliphatic carbocycles. The average molecular weight is 322 g/mol. The molecule has 2 aromatic carbocycles. The number of hydrogen-bond donors (Lipinski definition) is 2. The molecule has 0 amide bonds. The van der Waals surface area contributed by atoms with Gasteiger partial charge in [-0.15, -0.1) is 0 Å². The summed E-state index contributed by atoms with van der Waals surface area (Å²) in [4.78, 5) is 4.44. The molecule has 6 nitrogen and oxygen atoms in total. The van der Waals surface area contributed by atoms with Gasteiger partial charge in [-0.3, -0.25) is 13.7 Å². The minimum atomic E-state index is -4.16. The summed E-state index contributed by atoms with van der Waals surface area (Å²) < 4.78 is 29.7. The monoisotopic (exact) mass is 322 g/mol. The Bertz CT molecular complexity index is 767. The highest BCUT2D eigenvalue weighted by atomic mass is 32.3. The van der Waals surface area contributed by atoms with Crippen molar-refractivity contribution in [2.24, 2.45) is 4.99 Å². The summed E-state index contributed by atoms with van der Waals surface area (Å²) in [5.41, 5.74) is 1.35. The van der Waals surface area contributed by atoms with Crippen LogP contribution in [-0.2, 0) is 21.0 Å². The number of fused-ring (bicyclic) bond motifs is 1. The highest BCUT2D eigenvalue weighted by Gasteiger charge is 2.07. The Morgan fingerprint density at radius 1 is 1.23 bits per heavy atom. The van der Waals surface area contributed by atoms with Gasteiger partial charge in [0.05, 0.1) is 13.7 Å². The quantitative estimate of drug-likeness (QED) is 0.842. The Labute approximate surface area is 129 Å². The molecule has 2 N–H and O–H groups in total. The summed E-state index contributed by atoms with van der Waals surface area (Å²) in [6.45, 7) is 1.90. The van der Waals surface area contributed by atoms with E-state index in [1.807, 2.05) is 0 Å². The Hall–Kier alpha value is -1.96. The van der Waals surface area contributed by atoms with E-state index in [0.717, 1.165) is 32.5 Å². The Balaban J connectivity index is 0.000000254. The van der Waals surface area contributed by atoms with Gasteiger partial charge in [-0.2, -0.15) is 8.42 Å². The number of hydrogen-bond acceptors (Lipinski definition) is 5. The average Bonchev–Trinajstić information content (AvgIpc) is 3.01. The molecular formula is C15H18N2O4S. The molecule has 22 heavy (non-hydrogen) atoms. The predicted octanol–water partition coefficient (Wildman–Crippen LogP) is 1.82. The zero-order chi connectivity index (χ0) is 16.0. The molecule has 1 aliphatic rings. The summed E-state index contributed by atoms with van der Waals surface area (Å²) >= 11 is 0. The molecule has 0 bridgehead atoms. The van der Waals surface area contributed by atoms with E-state index in [1.54, 1.807) is 0 Å². The number of amidine groups is 1. The molecule has 3 rings (SSSR count). The highest BCUT2D eigenvalue weighted by Crippen LogP contribution is 2.19. The zero-order valence-electron chi connectivity index (χ0n) is 12.2. The van der Waals surface area contributed by atoms with Crippen molar-refractivity contribution in [3.63, 3.8) is 0 Å². The summed E-state index contributed by atoms with van der Waals surface area (Å²) in [5.74, 6) is 1.12. The second-order valence-corrected chi connectivity index (χ2v) is 5.85. The molecule has 0 saturated carbocycles. The summed E-state index contributed by atoms with van der Waals surface area (Å²) in [7, 11) is -3.29. The number of rotatable bonds is 3. The standard InChI is InChI=1S/C14H14N2.CH4O4S/c1-2-7-13-11(4-1)5-3-6-12(13)10-14-15-8-9-16-14;1-5-6(2,3)4/h1-7H,8-10H2,(H,15,16);1H3,(H,2,3,4). The van der Waals surface area contributed by atoms with E-state index in [2.05, 4.69) is 57.0 Å². The predicted molar refractivity (Wildman–Crippen MR) is 86.5 cm³/mol. The fourth-order valence-corrected chi connectivity index (χ4v) is 2.19. The smallest absolute Gasteiger partial charge is 0.372 e. The van der Waals surface area contributed by atoms with E-state index >= 15 is 0 Å². The molecule has 1 aliphatic heterocycles. The van der Waals surface area contributed by atoms with Crippen LogP contribution < -0.4 is 5.32 Å². The molecule has 0 unspecified atom stereocenters. The summed E-state index contributed by atoms with van der Waals surface area (Å²) in [6, 6.07) is 15.0. The first-order chi connectivity index (χ1) is 10.5. The van der Waals surface area contributed by atoms with Crippen LogP contribution in [0.15, 0.2) is 47.5 Å². The first kappa shape index (κ1) is 16.4. The van der Waals surface area contributed by atoms with Gasteiger partial charge in [-0.05, 0) is 16.3 Å². The van der Waals surface area contributed by atoms with Gasteiger partial charge < -0.3 is 5.32 Å². The lowest BCUT2D eigenvalue weighted by Gasteiger charge is -2.06. The first-order valence-corrected chi connectivity index (χ1v) is 8.13. The molecule has 2 aromatic rings. The molecule has 0 aromatic heterocycles. The third kappa shape index (κ3) is 4.80. The van der Waals surface area contributed by atoms with Crippen LogP contribution in [0.1, 0.15) is 5.56 Å². The van der Waals surface area contributed by atoms with Crippen molar-refractivity contribution in [1.29, 1.82) is 0 Å². The van der Waals surface area contributed by atoms with E-state index in [0.29, 0.717) is 0 Å². The number of benzene rings is 2. The topological polar surface area (TPSA) is 88.0 Å². The summed E-state index contributed by atoms with van der Waals surface area (Å²) in [6.07, 6.45) is 0.918. The lowest BCUT2D eigenvalue weighted by Crippen LogP contribution is -2.20. The van der Waals surface area contributed by atoms with Gasteiger partial charge in [-0.25, -0.2) is 0 Å². The molecule has 1 heterocycles. The van der Waals surface area contributed by atoms with Gasteiger partial charge >= 0.3 is 10.4 Å². The second-order valence-electron chi connectivity index (χ2n) is 4.66. The van der Waals surface area contributed by atoms with Crippen LogP contribution in [-0.4, -0.2) is 39.0 Å². The maximum absolute atomic E-state index is 9.33. The molecule has 0 spiro atoms. The van der Waals surface area contributed by atoms with Crippen molar-refractivity contribution < 1.29 is 17.2 Å². The first-order valence-electron chi connectivity index (χ1n) is 6.76.